The predicted molar refractivity (Wildman–Crippen MR) is 69.4 cm³/mol. The van der Waals surface area contributed by atoms with E-state index in [1.165, 1.54) is 12.1 Å². The summed E-state index contributed by atoms with van der Waals surface area (Å²) in [6.45, 7) is 0. The van der Waals surface area contributed by atoms with Crippen molar-refractivity contribution in [2.24, 2.45) is 0 Å². The summed E-state index contributed by atoms with van der Waals surface area (Å²) in [5.74, 6) is 0.967. The highest BCUT2D eigenvalue weighted by atomic mass is 35.5. The second kappa shape index (κ2) is 4.85. The number of alkyl halides is 2. The molecule has 19 heavy (non-hydrogen) atoms. The van der Waals surface area contributed by atoms with Crippen LogP contribution in [0.5, 0.6) is 0 Å². The third-order valence-electron chi connectivity index (χ3n) is 3.13. The maximum atomic E-state index is 12.5. The lowest BCUT2D eigenvalue weighted by Crippen LogP contribution is -1.95. The van der Waals surface area contributed by atoms with Crippen molar-refractivity contribution in [2.45, 2.75) is 25.2 Å². The molecule has 0 aliphatic heterocycles. The van der Waals surface area contributed by atoms with Gasteiger partial charge < -0.3 is 0 Å². The Morgan fingerprint density at radius 3 is 2.37 bits per heavy atom. The van der Waals surface area contributed by atoms with Crippen molar-refractivity contribution < 1.29 is 8.78 Å². The van der Waals surface area contributed by atoms with Crippen LogP contribution >= 0.6 is 11.6 Å². The number of hydrogen-bond donors (Lipinski definition) is 0. The van der Waals surface area contributed by atoms with Gasteiger partial charge in [0.15, 0.2) is 5.82 Å². The topological polar surface area (TPSA) is 25.8 Å². The van der Waals surface area contributed by atoms with Crippen molar-refractivity contribution in [2.75, 3.05) is 0 Å². The first-order valence-electron chi connectivity index (χ1n) is 6.06. The monoisotopic (exact) mass is 280 g/mol. The largest absolute Gasteiger partial charge is 0.263 e. The molecule has 1 saturated carbocycles. The summed E-state index contributed by atoms with van der Waals surface area (Å²) >= 11 is 5.98. The fourth-order valence-corrected chi connectivity index (χ4v) is 2.12. The van der Waals surface area contributed by atoms with Gasteiger partial charge in [-0.25, -0.2) is 18.7 Å². The van der Waals surface area contributed by atoms with Crippen molar-refractivity contribution >= 4 is 11.6 Å². The molecule has 0 N–H and O–H groups in total. The van der Waals surface area contributed by atoms with Gasteiger partial charge in [-0.2, -0.15) is 0 Å². The van der Waals surface area contributed by atoms with Gasteiger partial charge in [0.1, 0.15) is 5.15 Å². The summed E-state index contributed by atoms with van der Waals surface area (Å²) in [5, 5.41) is 0.393. The normalized spacial score (nSPS) is 14.9. The number of hydrogen-bond acceptors (Lipinski definition) is 2. The average molecular weight is 281 g/mol. The molecule has 2 aromatic rings. The molecule has 1 aliphatic carbocycles. The van der Waals surface area contributed by atoms with E-state index in [1.807, 2.05) is 0 Å². The molecule has 0 bridgehead atoms. The predicted octanol–water partition coefficient (Wildman–Crippen LogP) is 4.61. The molecule has 0 atom stereocenters. The van der Waals surface area contributed by atoms with E-state index in [0.29, 0.717) is 22.5 Å². The summed E-state index contributed by atoms with van der Waals surface area (Å²) in [6.07, 6.45) is -0.217. The molecule has 3 rings (SSSR count). The van der Waals surface area contributed by atoms with Crippen LogP contribution in [0.2, 0.25) is 5.15 Å². The van der Waals surface area contributed by atoms with E-state index in [0.717, 1.165) is 18.5 Å². The molecule has 0 amide bonds. The molecule has 0 radical (unpaired) electrons. The molecule has 1 aliphatic rings. The van der Waals surface area contributed by atoms with Gasteiger partial charge in [0.05, 0.1) is 0 Å². The minimum Gasteiger partial charge on any atom is -0.233 e. The number of benzene rings is 1. The first-order chi connectivity index (χ1) is 9.13. The van der Waals surface area contributed by atoms with E-state index in [4.69, 9.17) is 11.6 Å². The van der Waals surface area contributed by atoms with E-state index in [2.05, 4.69) is 9.97 Å². The van der Waals surface area contributed by atoms with Gasteiger partial charge in [0.2, 0.25) is 0 Å². The SMILES string of the molecule is FC(F)c1ccc(-c2nc(Cl)cc(C3CC3)n2)cc1. The van der Waals surface area contributed by atoms with Crippen LogP contribution in [0.1, 0.15) is 36.4 Å². The Morgan fingerprint density at radius 2 is 1.79 bits per heavy atom. The van der Waals surface area contributed by atoms with Gasteiger partial charge in [0.25, 0.3) is 6.43 Å². The molecule has 1 aromatic heterocycles. The van der Waals surface area contributed by atoms with Crippen LogP contribution in [-0.4, -0.2) is 9.97 Å². The van der Waals surface area contributed by atoms with Crippen LogP contribution in [0.4, 0.5) is 8.78 Å². The van der Waals surface area contributed by atoms with Crippen LogP contribution in [0, 0.1) is 0 Å². The lowest BCUT2D eigenvalue weighted by molar-refractivity contribution is 0.151. The minimum atomic E-state index is -2.46. The first-order valence-corrected chi connectivity index (χ1v) is 6.44. The van der Waals surface area contributed by atoms with E-state index in [9.17, 15) is 8.78 Å². The summed E-state index contributed by atoms with van der Waals surface area (Å²) in [6, 6.07) is 7.76. The van der Waals surface area contributed by atoms with E-state index < -0.39 is 6.43 Å². The van der Waals surface area contributed by atoms with Gasteiger partial charge in [0, 0.05) is 22.7 Å². The van der Waals surface area contributed by atoms with Crippen molar-refractivity contribution in [3.05, 3.63) is 46.7 Å². The molecule has 5 heteroatoms. The van der Waals surface area contributed by atoms with Gasteiger partial charge in [-0.15, -0.1) is 0 Å². The number of halogens is 3. The molecule has 0 spiro atoms. The molecule has 1 heterocycles. The highest BCUT2D eigenvalue weighted by molar-refractivity contribution is 6.29. The van der Waals surface area contributed by atoms with Gasteiger partial charge >= 0.3 is 0 Å². The zero-order valence-electron chi connectivity index (χ0n) is 9.98. The van der Waals surface area contributed by atoms with Gasteiger partial charge in [-0.3, -0.25) is 0 Å². The number of aromatic nitrogens is 2. The third-order valence-corrected chi connectivity index (χ3v) is 3.32. The third kappa shape index (κ3) is 2.73. The maximum absolute atomic E-state index is 12.5. The second-order valence-electron chi connectivity index (χ2n) is 4.64. The Hall–Kier alpha value is -1.55. The van der Waals surface area contributed by atoms with Gasteiger partial charge in [-0.05, 0) is 18.9 Å². The Morgan fingerprint density at radius 1 is 1.11 bits per heavy atom. The molecule has 98 valence electrons. The van der Waals surface area contributed by atoms with Crippen molar-refractivity contribution in [3.8, 4) is 11.4 Å². The summed E-state index contributed by atoms with van der Waals surface area (Å²) < 4.78 is 25.0. The van der Waals surface area contributed by atoms with Crippen LogP contribution in [0.25, 0.3) is 11.4 Å². The number of rotatable bonds is 3. The highest BCUT2D eigenvalue weighted by Gasteiger charge is 2.26. The standard InChI is InChI=1S/C14H11ClF2N2/c15-12-7-11(8-1-2-8)18-14(19-12)10-5-3-9(4-6-10)13(16)17/h3-8,13H,1-2H2. The molecular formula is C14H11ClF2N2. The lowest BCUT2D eigenvalue weighted by Gasteiger charge is -2.05. The molecule has 0 saturated heterocycles. The fourth-order valence-electron chi connectivity index (χ4n) is 1.93. The van der Waals surface area contributed by atoms with Crippen LogP contribution in [0.15, 0.2) is 30.3 Å². The molecular weight excluding hydrogens is 270 g/mol. The second-order valence-corrected chi connectivity index (χ2v) is 5.02. The summed E-state index contributed by atoms with van der Waals surface area (Å²) in [5.41, 5.74) is 1.63. The zero-order chi connectivity index (χ0) is 13.4. The van der Waals surface area contributed by atoms with Crippen LogP contribution in [-0.2, 0) is 0 Å². The quantitative estimate of drug-likeness (QED) is 0.767. The van der Waals surface area contributed by atoms with Crippen LogP contribution in [0.3, 0.4) is 0 Å². The number of nitrogens with zero attached hydrogens (tertiary/aromatic N) is 2. The lowest BCUT2D eigenvalue weighted by atomic mass is 10.1. The van der Waals surface area contributed by atoms with Crippen molar-refractivity contribution in [1.82, 2.24) is 9.97 Å². The van der Waals surface area contributed by atoms with E-state index in [-0.39, 0.29) is 5.56 Å². The zero-order valence-corrected chi connectivity index (χ0v) is 10.7. The summed E-state index contributed by atoms with van der Waals surface area (Å²) in [4.78, 5) is 8.61. The van der Waals surface area contributed by atoms with Crippen LogP contribution < -0.4 is 0 Å². The highest BCUT2D eigenvalue weighted by Crippen LogP contribution is 2.40. The molecule has 1 aromatic carbocycles. The van der Waals surface area contributed by atoms with E-state index in [1.54, 1.807) is 18.2 Å². The molecule has 0 unspecified atom stereocenters. The molecule has 1 fully saturated rings. The first kappa shape index (κ1) is 12.5. The Kier molecular flexibility index (Phi) is 3.19. The minimum absolute atomic E-state index is 0.00630. The van der Waals surface area contributed by atoms with Crippen molar-refractivity contribution in [1.29, 1.82) is 0 Å². The Labute approximate surface area is 114 Å². The average Bonchev–Trinajstić information content (AvgIpc) is 3.22. The smallest absolute Gasteiger partial charge is 0.233 e. The Bertz CT molecular complexity index is 595. The Balaban J connectivity index is 1.96. The summed E-state index contributed by atoms with van der Waals surface area (Å²) in [7, 11) is 0. The van der Waals surface area contributed by atoms with Crippen molar-refractivity contribution in [3.63, 3.8) is 0 Å². The van der Waals surface area contributed by atoms with E-state index >= 15 is 0 Å². The maximum Gasteiger partial charge on any atom is 0.263 e. The molecule has 2 nitrogen and oxygen atoms in total. The van der Waals surface area contributed by atoms with Gasteiger partial charge in [-0.1, -0.05) is 35.9 Å². The fraction of sp³-hybridized carbons (Fsp3) is 0.286.